The van der Waals surface area contributed by atoms with Crippen LogP contribution in [-0.4, -0.2) is 37.1 Å². The maximum absolute atomic E-state index is 3.85. The lowest BCUT2D eigenvalue weighted by atomic mass is 9.79. The first-order valence-corrected chi connectivity index (χ1v) is 8.72. The second-order valence-corrected chi connectivity index (χ2v) is 7.70. The molecule has 1 N–H and O–H groups in total. The van der Waals surface area contributed by atoms with Crippen LogP contribution >= 0.6 is 0 Å². The van der Waals surface area contributed by atoms with Gasteiger partial charge in [-0.3, -0.25) is 0 Å². The fourth-order valence-electron chi connectivity index (χ4n) is 4.16. The van der Waals surface area contributed by atoms with Crippen molar-refractivity contribution in [2.75, 3.05) is 26.2 Å². The lowest BCUT2D eigenvalue weighted by Crippen LogP contribution is -2.44. The zero-order valence-electron chi connectivity index (χ0n) is 12.8. The number of nitrogens with one attached hydrogen (secondary N) is 1. The van der Waals surface area contributed by atoms with Crippen LogP contribution in [0.5, 0.6) is 0 Å². The molecule has 1 saturated heterocycles. The molecule has 0 aromatic rings. The molecule has 3 fully saturated rings. The van der Waals surface area contributed by atoms with E-state index in [0.717, 1.165) is 12.0 Å². The summed E-state index contributed by atoms with van der Waals surface area (Å²) in [5, 5.41) is 3.85. The molecular formula is C17H32N2. The highest BCUT2D eigenvalue weighted by molar-refractivity contribution is 4.92. The van der Waals surface area contributed by atoms with Gasteiger partial charge in [0.2, 0.25) is 0 Å². The van der Waals surface area contributed by atoms with E-state index in [1.165, 1.54) is 84.0 Å². The van der Waals surface area contributed by atoms with Gasteiger partial charge in [0.15, 0.2) is 0 Å². The molecule has 0 aromatic heterocycles. The molecule has 2 nitrogen and oxygen atoms in total. The van der Waals surface area contributed by atoms with E-state index < -0.39 is 0 Å². The van der Waals surface area contributed by atoms with Crippen molar-refractivity contribution in [1.82, 2.24) is 10.2 Å². The fraction of sp³-hybridized carbons (Fsp3) is 1.00. The molecule has 0 radical (unpaired) electrons. The van der Waals surface area contributed by atoms with Gasteiger partial charge in [0.25, 0.3) is 0 Å². The molecular weight excluding hydrogens is 232 g/mol. The third-order valence-electron chi connectivity index (χ3n) is 5.57. The smallest absolute Gasteiger partial charge is 0.00684 e. The van der Waals surface area contributed by atoms with E-state index in [0.29, 0.717) is 5.41 Å². The van der Waals surface area contributed by atoms with Crippen LogP contribution in [0.4, 0.5) is 0 Å². The zero-order valence-corrected chi connectivity index (χ0v) is 12.8. The van der Waals surface area contributed by atoms with Gasteiger partial charge in [-0.1, -0.05) is 32.6 Å². The monoisotopic (exact) mass is 264 g/mol. The minimum atomic E-state index is 0.600. The highest BCUT2D eigenvalue weighted by atomic mass is 15.2. The van der Waals surface area contributed by atoms with Gasteiger partial charge in [0.1, 0.15) is 0 Å². The first-order valence-electron chi connectivity index (χ1n) is 8.72. The maximum atomic E-state index is 3.85. The third-order valence-corrected chi connectivity index (χ3v) is 5.57. The van der Waals surface area contributed by atoms with Crippen molar-refractivity contribution in [2.45, 2.75) is 70.8 Å². The standard InChI is InChI=1S/C17H32N2/c1-15-8-11-19(12-15)14-17(13-18-16-6-7-16)9-4-2-3-5-10-17/h15-16,18H,2-14H2,1H3. The van der Waals surface area contributed by atoms with Gasteiger partial charge in [0.05, 0.1) is 0 Å². The van der Waals surface area contributed by atoms with Crippen molar-refractivity contribution in [3.8, 4) is 0 Å². The van der Waals surface area contributed by atoms with Crippen LogP contribution in [-0.2, 0) is 0 Å². The highest BCUT2D eigenvalue weighted by Gasteiger charge is 2.36. The molecule has 19 heavy (non-hydrogen) atoms. The van der Waals surface area contributed by atoms with Crippen LogP contribution in [0.15, 0.2) is 0 Å². The summed E-state index contributed by atoms with van der Waals surface area (Å²) in [5.41, 5.74) is 0.600. The van der Waals surface area contributed by atoms with Gasteiger partial charge in [-0.25, -0.2) is 0 Å². The summed E-state index contributed by atoms with van der Waals surface area (Å²) < 4.78 is 0. The molecule has 0 spiro atoms. The molecule has 110 valence electrons. The Labute approximate surface area is 119 Å². The van der Waals surface area contributed by atoms with Crippen molar-refractivity contribution in [1.29, 1.82) is 0 Å². The van der Waals surface area contributed by atoms with E-state index in [1.54, 1.807) is 0 Å². The lowest BCUT2D eigenvalue weighted by molar-refractivity contribution is 0.142. The van der Waals surface area contributed by atoms with E-state index in [-0.39, 0.29) is 0 Å². The van der Waals surface area contributed by atoms with Gasteiger partial charge in [-0.15, -0.1) is 0 Å². The summed E-state index contributed by atoms with van der Waals surface area (Å²) in [6.45, 7) is 7.79. The average molecular weight is 264 g/mol. The molecule has 2 aliphatic carbocycles. The molecule has 0 aromatic carbocycles. The molecule has 1 unspecified atom stereocenters. The van der Waals surface area contributed by atoms with E-state index in [1.807, 2.05) is 0 Å². The van der Waals surface area contributed by atoms with E-state index in [4.69, 9.17) is 0 Å². The van der Waals surface area contributed by atoms with Gasteiger partial charge in [-0.05, 0) is 50.0 Å². The Kier molecular flexibility index (Phi) is 4.48. The number of hydrogen-bond acceptors (Lipinski definition) is 2. The number of nitrogens with zero attached hydrogens (tertiary/aromatic N) is 1. The van der Waals surface area contributed by atoms with E-state index in [9.17, 15) is 0 Å². The zero-order chi connectivity index (χ0) is 13.1. The van der Waals surface area contributed by atoms with E-state index in [2.05, 4.69) is 17.1 Å². The van der Waals surface area contributed by atoms with Crippen molar-refractivity contribution in [3.05, 3.63) is 0 Å². The summed E-state index contributed by atoms with van der Waals surface area (Å²) >= 11 is 0. The Morgan fingerprint density at radius 2 is 1.79 bits per heavy atom. The fourth-order valence-corrected chi connectivity index (χ4v) is 4.16. The number of rotatable bonds is 5. The van der Waals surface area contributed by atoms with Crippen LogP contribution in [0.25, 0.3) is 0 Å². The van der Waals surface area contributed by atoms with Crippen molar-refractivity contribution < 1.29 is 0 Å². The predicted octanol–water partition coefficient (Wildman–Crippen LogP) is 3.42. The summed E-state index contributed by atoms with van der Waals surface area (Å²) in [6.07, 6.45) is 13.1. The van der Waals surface area contributed by atoms with Gasteiger partial charge in [0, 0.05) is 25.7 Å². The quantitative estimate of drug-likeness (QED) is 0.765. The molecule has 0 amide bonds. The van der Waals surface area contributed by atoms with Crippen LogP contribution in [0.1, 0.15) is 64.7 Å². The van der Waals surface area contributed by atoms with Crippen LogP contribution in [0.3, 0.4) is 0 Å². The minimum absolute atomic E-state index is 0.600. The predicted molar refractivity (Wildman–Crippen MR) is 81.4 cm³/mol. The molecule has 1 heterocycles. The number of likely N-dealkylation sites (tertiary alicyclic amines) is 1. The van der Waals surface area contributed by atoms with Crippen molar-refractivity contribution >= 4 is 0 Å². The van der Waals surface area contributed by atoms with Crippen LogP contribution in [0.2, 0.25) is 0 Å². The first kappa shape index (κ1) is 13.9. The Morgan fingerprint density at radius 3 is 2.37 bits per heavy atom. The third kappa shape index (κ3) is 3.95. The van der Waals surface area contributed by atoms with Crippen LogP contribution < -0.4 is 5.32 Å². The first-order chi connectivity index (χ1) is 9.26. The lowest BCUT2D eigenvalue weighted by Gasteiger charge is -2.37. The Hall–Kier alpha value is -0.0800. The molecule has 2 saturated carbocycles. The maximum Gasteiger partial charge on any atom is 0.00684 e. The normalized spacial score (nSPS) is 32.4. The molecule has 3 aliphatic rings. The summed E-state index contributed by atoms with van der Waals surface area (Å²) in [5.74, 6) is 0.930. The second kappa shape index (κ2) is 6.13. The minimum Gasteiger partial charge on any atom is -0.313 e. The molecule has 3 rings (SSSR count). The number of hydrogen-bond donors (Lipinski definition) is 1. The van der Waals surface area contributed by atoms with Gasteiger partial charge in [-0.2, -0.15) is 0 Å². The highest BCUT2D eigenvalue weighted by Crippen LogP contribution is 2.37. The SMILES string of the molecule is CC1CCN(CC2(CNC3CC3)CCCCCC2)C1. The summed E-state index contributed by atoms with van der Waals surface area (Å²) in [7, 11) is 0. The second-order valence-electron chi connectivity index (χ2n) is 7.70. The van der Waals surface area contributed by atoms with Crippen LogP contribution in [0, 0.1) is 11.3 Å². The summed E-state index contributed by atoms with van der Waals surface area (Å²) in [4.78, 5) is 2.77. The Balaban J connectivity index is 1.59. The van der Waals surface area contributed by atoms with Crippen molar-refractivity contribution in [3.63, 3.8) is 0 Å². The van der Waals surface area contributed by atoms with E-state index >= 15 is 0 Å². The topological polar surface area (TPSA) is 15.3 Å². The van der Waals surface area contributed by atoms with Gasteiger partial charge >= 0.3 is 0 Å². The van der Waals surface area contributed by atoms with Gasteiger partial charge < -0.3 is 10.2 Å². The average Bonchev–Trinajstić information content (AvgIpc) is 3.16. The molecule has 1 atom stereocenters. The Bertz CT molecular complexity index is 277. The molecule has 1 aliphatic heterocycles. The molecule has 0 bridgehead atoms. The largest absolute Gasteiger partial charge is 0.313 e. The Morgan fingerprint density at radius 1 is 1.05 bits per heavy atom. The summed E-state index contributed by atoms with van der Waals surface area (Å²) in [6, 6.07) is 0.873. The molecule has 2 heteroatoms. The van der Waals surface area contributed by atoms with Crippen molar-refractivity contribution in [2.24, 2.45) is 11.3 Å².